The summed E-state index contributed by atoms with van der Waals surface area (Å²) in [5.74, 6) is 0. The van der Waals surface area contributed by atoms with Gasteiger partial charge in [-0.05, 0) is 24.6 Å². The molecule has 0 atom stereocenters. The average molecular weight is 309 g/mol. The molecule has 7 nitrogen and oxygen atoms in total. The van der Waals surface area contributed by atoms with Crippen LogP contribution in [0.2, 0.25) is 0 Å². The lowest BCUT2D eigenvalue weighted by Crippen LogP contribution is -2.21. The molecule has 0 radical (unpaired) electrons. The molecule has 0 spiro atoms. The maximum Gasteiger partial charge on any atom is 0.296 e. The monoisotopic (exact) mass is 309 g/mol. The summed E-state index contributed by atoms with van der Waals surface area (Å²) >= 11 is 0. The van der Waals surface area contributed by atoms with Gasteiger partial charge in [0.2, 0.25) is 0 Å². The van der Waals surface area contributed by atoms with Gasteiger partial charge in [-0.2, -0.15) is 13.5 Å². The minimum Gasteiger partial charge on any atom is -0.381 e. The van der Waals surface area contributed by atoms with Crippen molar-refractivity contribution >= 4 is 21.6 Å². The Bertz CT molecular complexity index is 696. The topological polar surface area (TPSA) is 102 Å². The van der Waals surface area contributed by atoms with E-state index in [0.29, 0.717) is 12.2 Å². The van der Waals surface area contributed by atoms with E-state index in [1.807, 2.05) is 23.1 Å². The van der Waals surface area contributed by atoms with E-state index in [2.05, 4.69) is 22.1 Å². The van der Waals surface area contributed by atoms with Gasteiger partial charge in [0.25, 0.3) is 10.2 Å². The molecular weight excluding hydrogens is 290 g/mol. The second kappa shape index (κ2) is 6.59. The van der Waals surface area contributed by atoms with E-state index in [1.54, 1.807) is 18.2 Å². The third kappa shape index (κ3) is 5.09. The molecule has 0 fully saturated rings. The summed E-state index contributed by atoms with van der Waals surface area (Å²) < 4.78 is 26.1. The lowest BCUT2D eigenvalue weighted by molar-refractivity contribution is 0.602. The van der Waals surface area contributed by atoms with E-state index in [-0.39, 0.29) is 0 Å². The Morgan fingerprint density at radius 1 is 1.33 bits per heavy atom. The molecule has 0 aliphatic heterocycles. The minimum absolute atomic E-state index is 0.421. The van der Waals surface area contributed by atoms with Crippen molar-refractivity contribution in [2.45, 2.75) is 26.4 Å². The third-order valence-corrected chi connectivity index (χ3v) is 3.28. The quantitative estimate of drug-likeness (QED) is 0.721. The SMILES string of the molecule is CCCn1cc(CNc2cccc(NS(N)(=O)=O)c2)cn1. The molecule has 114 valence electrons. The van der Waals surface area contributed by atoms with Crippen molar-refractivity contribution in [3.05, 3.63) is 42.2 Å². The fraction of sp³-hybridized carbons (Fsp3) is 0.308. The Morgan fingerprint density at radius 3 is 2.81 bits per heavy atom. The first-order valence-corrected chi connectivity index (χ1v) is 8.17. The van der Waals surface area contributed by atoms with Gasteiger partial charge in [0, 0.05) is 30.5 Å². The van der Waals surface area contributed by atoms with Crippen molar-refractivity contribution < 1.29 is 8.42 Å². The van der Waals surface area contributed by atoms with Crippen LogP contribution in [0.4, 0.5) is 11.4 Å². The summed E-state index contributed by atoms with van der Waals surface area (Å²) in [6.45, 7) is 3.61. The highest BCUT2D eigenvalue weighted by Crippen LogP contribution is 2.16. The van der Waals surface area contributed by atoms with Gasteiger partial charge >= 0.3 is 0 Å². The van der Waals surface area contributed by atoms with Crippen LogP contribution >= 0.6 is 0 Å². The number of nitrogens with zero attached hydrogens (tertiary/aromatic N) is 2. The smallest absolute Gasteiger partial charge is 0.296 e. The zero-order chi connectivity index (χ0) is 15.3. The number of aryl methyl sites for hydroxylation is 1. The summed E-state index contributed by atoms with van der Waals surface area (Å²) in [6, 6.07) is 6.91. The standard InChI is InChI=1S/C13H19N5O2S/c1-2-6-18-10-11(9-16-18)8-15-12-4-3-5-13(7-12)17-21(14,19)20/h3-5,7,9-10,15,17H,2,6,8H2,1H3,(H2,14,19,20). The number of hydrogen-bond donors (Lipinski definition) is 3. The number of nitrogens with two attached hydrogens (primary N) is 1. The molecule has 1 aromatic heterocycles. The molecule has 21 heavy (non-hydrogen) atoms. The number of nitrogens with one attached hydrogen (secondary N) is 2. The molecule has 0 amide bonds. The van der Waals surface area contributed by atoms with Crippen LogP contribution < -0.4 is 15.2 Å². The van der Waals surface area contributed by atoms with Gasteiger partial charge in [0.1, 0.15) is 0 Å². The first-order valence-electron chi connectivity index (χ1n) is 6.62. The Hall–Kier alpha value is -2.06. The fourth-order valence-electron chi connectivity index (χ4n) is 1.91. The second-order valence-electron chi connectivity index (χ2n) is 4.69. The lowest BCUT2D eigenvalue weighted by atomic mass is 10.2. The Labute approximate surface area is 124 Å². The Balaban J connectivity index is 1.97. The zero-order valence-corrected chi connectivity index (χ0v) is 12.6. The molecule has 1 aromatic carbocycles. The molecular formula is C13H19N5O2S. The van der Waals surface area contributed by atoms with E-state index >= 15 is 0 Å². The van der Waals surface area contributed by atoms with Gasteiger partial charge < -0.3 is 5.32 Å². The van der Waals surface area contributed by atoms with Crippen LogP contribution in [-0.2, 0) is 23.3 Å². The fourth-order valence-corrected chi connectivity index (χ4v) is 2.37. The van der Waals surface area contributed by atoms with Gasteiger partial charge in [-0.1, -0.05) is 13.0 Å². The van der Waals surface area contributed by atoms with Gasteiger partial charge in [-0.25, -0.2) is 5.14 Å². The van der Waals surface area contributed by atoms with Crippen molar-refractivity contribution in [1.29, 1.82) is 0 Å². The normalized spacial score (nSPS) is 11.3. The van der Waals surface area contributed by atoms with Crippen LogP contribution in [0.3, 0.4) is 0 Å². The van der Waals surface area contributed by atoms with Crippen molar-refractivity contribution in [2.75, 3.05) is 10.0 Å². The minimum atomic E-state index is -3.76. The van der Waals surface area contributed by atoms with Crippen LogP contribution in [0.1, 0.15) is 18.9 Å². The van der Waals surface area contributed by atoms with E-state index in [4.69, 9.17) is 5.14 Å². The summed E-state index contributed by atoms with van der Waals surface area (Å²) in [6.07, 6.45) is 4.84. The number of rotatable bonds is 7. The zero-order valence-electron chi connectivity index (χ0n) is 11.8. The lowest BCUT2D eigenvalue weighted by Gasteiger charge is -2.08. The maximum absolute atomic E-state index is 11.0. The molecule has 4 N–H and O–H groups in total. The van der Waals surface area contributed by atoms with Crippen LogP contribution in [0.25, 0.3) is 0 Å². The van der Waals surface area contributed by atoms with E-state index in [0.717, 1.165) is 24.2 Å². The molecule has 0 saturated heterocycles. The molecule has 0 saturated carbocycles. The molecule has 0 aliphatic carbocycles. The van der Waals surface area contributed by atoms with Gasteiger partial charge in [0.15, 0.2) is 0 Å². The highest BCUT2D eigenvalue weighted by Gasteiger charge is 2.03. The molecule has 2 aromatic rings. The number of anilines is 2. The van der Waals surface area contributed by atoms with Crippen molar-refractivity contribution in [3.8, 4) is 0 Å². The number of hydrogen-bond acceptors (Lipinski definition) is 4. The molecule has 0 bridgehead atoms. The van der Waals surface area contributed by atoms with E-state index < -0.39 is 10.2 Å². The van der Waals surface area contributed by atoms with Crippen molar-refractivity contribution in [1.82, 2.24) is 9.78 Å². The van der Waals surface area contributed by atoms with Gasteiger partial charge in [-0.15, -0.1) is 0 Å². The predicted octanol–water partition coefficient (Wildman–Crippen LogP) is 1.52. The van der Waals surface area contributed by atoms with Crippen LogP contribution in [0, 0.1) is 0 Å². The molecule has 1 heterocycles. The van der Waals surface area contributed by atoms with Gasteiger partial charge in [0.05, 0.1) is 11.9 Å². The Kier molecular flexibility index (Phi) is 4.81. The van der Waals surface area contributed by atoms with Crippen LogP contribution in [0.15, 0.2) is 36.7 Å². The molecule has 8 heteroatoms. The largest absolute Gasteiger partial charge is 0.381 e. The predicted molar refractivity (Wildman–Crippen MR) is 83.0 cm³/mol. The number of benzene rings is 1. The molecule has 0 unspecified atom stereocenters. The van der Waals surface area contributed by atoms with Crippen molar-refractivity contribution in [3.63, 3.8) is 0 Å². The maximum atomic E-state index is 11.0. The highest BCUT2D eigenvalue weighted by atomic mass is 32.2. The molecule has 0 aliphatic rings. The number of aromatic nitrogens is 2. The summed E-state index contributed by atoms with van der Waals surface area (Å²) in [5.41, 5.74) is 2.28. The first-order chi connectivity index (χ1) is 9.96. The first kappa shape index (κ1) is 15.3. The Morgan fingerprint density at radius 2 is 2.10 bits per heavy atom. The molecule has 2 rings (SSSR count). The second-order valence-corrected chi connectivity index (χ2v) is 5.99. The average Bonchev–Trinajstić information content (AvgIpc) is 2.83. The summed E-state index contributed by atoms with van der Waals surface area (Å²) in [7, 11) is -3.76. The van der Waals surface area contributed by atoms with Crippen LogP contribution in [0.5, 0.6) is 0 Å². The third-order valence-electron chi connectivity index (χ3n) is 2.76. The van der Waals surface area contributed by atoms with E-state index in [1.165, 1.54) is 0 Å². The van der Waals surface area contributed by atoms with Gasteiger partial charge in [-0.3, -0.25) is 9.40 Å². The highest BCUT2D eigenvalue weighted by molar-refractivity contribution is 7.90. The summed E-state index contributed by atoms with van der Waals surface area (Å²) in [4.78, 5) is 0. The van der Waals surface area contributed by atoms with Crippen molar-refractivity contribution in [2.24, 2.45) is 5.14 Å². The summed E-state index contributed by atoms with van der Waals surface area (Å²) in [5, 5.41) is 12.4. The van der Waals surface area contributed by atoms with E-state index in [9.17, 15) is 8.42 Å². The van der Waals surface area contributed by atoms with Crippen LogP contribution in [-0.4, -0.2) is 18.2 Å².